The predicted octanol–water partition coefficient (Wildman–Crippen LogP) is -2.87. The van der Waals surface area contributed by atoms with Gasteiger partial charge in [-0.3, -0.25) is 0 Å². The summed E-state index contributed by atoms with van der Waals surface area (Å²) in [4.78, 5) is 24.1. The third kappa shape index (κ3) is 7.12. The number of rotatable bonds is 6. The average Bonchev–Trinajstić information content (AvgIpc) is 2.96. The van der Waals surface area contributed by atoms with Gasteiger partial charge in [0, 0.05) is 25.7 Å². The summed E-state index contributed by atoms with van der Waals surface area (Å²) in [6.07, 6.45) is 1.25. The predicted molar refractivity (Wildman–Crippen MR) is 152 cm³/mol. The van der Waals surface area contributed by atoms with E-state index in [-0.39, 0.29) is 70.2 Å². The van der Waals surface area contributed by atoms with Crippen molar-refractivity contribution < 1.29 is 97.9 Å². The first-order valence-electron chi connectivity index (χ1n) is 13.4. The Morgan fingerprint density at radius 1 is 0.477 bits per heavy atom. The Bertz CT molecular complexity index is 1480. The maximum Gasteiger partial charge on any atom is 1.00 e. The van der Waals surface area contributed by atoms with Crippen LogP contribution in [0.25, 0.3) is 0 Å². The van der Waals surface area contributed by atoms with Gasteiger partial charge in [-0.2, -0.15) is 0 Å². The van der Waals surface area contributed by atoms with Crippen LogP contribution in [0.3, 0.4) is 0 Å². The Kier molecular flexibility index (Phi) is 12.4. The fourth-order valence-corrected chi connectivity index (χ4v) is 5.97. The molecule has 1 aliphatic rings. The number of methoxy groups -OCH3 is 4. The fourth-order valence-electron chi connectivity index (χ4n) is 5.97. The van der Waals surface area contributed by atoms with E-state index < -0.39 is 11.9 Å². The minimum atomic E-state index is -1.29. The molecule has 44 heavy (non-hydrogen) atoms. The number of hydrogen-bond donors (Lipinski definition) is 0. The molecular formula is C34H30Na2O8. The van der Waals surface area contributed by atoms with Gasteiger partial charge in [-0.1, -0.05) is 36.4 Å². The number of carbonyl (C=O) groups excluding carboxylic acids is 2. The summed E-state index contributed by atoms with van der Waals surface area (Å²) in [7, 11) is 6.27. The zero-order valence-corrected chi connectivity index (χ0v) is 29.9. The minimum Gasteiger partial charge on any atom is -0.545 e. The summed E-state index contributed by atoms with van der Waals surface area (Å²) in [5.41, 5.74) is 5.93. The van der Waals surface area contributed by atoms with E-state index in [1.54, 1.807) is 52.7 Å². The SMILES string of the molecule is COc1c2cccc1Cc1cc(C(=O)[O-])cc(c1OC)Cc1cccc(c1OC)Cc1cc(C(=O)[O-])cc(c1OC)C2.[Na+].[Na+]. The number of hydrogen-bond acceptors (Lipinski definition) is 8. The van der Waals surface area contributed by atoms with Gasteiger partial charge in [0.2, 0.25) is 0 Å². The van der Waals surface area contributed by atoms with E-state index in [1.807, 2.05) is 36.4 Å². The second-order valence-electron chi connectivity index (χ2n) is 10.2. The molecule has 5 rings (SSSR count). The fraction of sp³-hybridized carbons (Fsp3) is 0.235. The molecule has 0 aromatic heterocycles. The van der Waals surface area contributed by atoms with Crippen LogP contribution in [0.4, 0.5) is 0 Å². The van der Waals surface area contributed by atoms with Crippen LogP contribution in [0.1, 0.15) is 65.2 Å². The van der Waals surface area contributed by atoms with Crippen LogP contribution in [0, 0.1) is 0 Å². The smallest absolute Gasteiger partial charge is 0.545 e. The number of fused-ring (bicyclic) bond motifs is 8. The molecule has 1 aliphatic carbocycles. The zero-order valence-electron chi connectivity index (χ0n) is 25.9. The molecule has 0 amide bonds. The van der Waals surface area contributed by atoms with Crippen LogP contribution < -0.4 is 88.3 Å². The van der Waals surface area contributed by atoms with Gasteiger partial charge >= 0.3 is 59.1 Å². The summed E-state index contributed by atoms with van der Waals surface area (Å²) in [5, 5.41) is 24.1. The summed E-state index contributed by atoms with van der Waals surface area (Å²) in [6.45, 7) is 0. The number of benzene rings is 4. The van der Waals surface area contributed by atoms with Crippen LogP contribution in [0.5, 0.6) is 23.0 Å². The van der Waals surface area contributed by atoms with Gasteiger partial charge in [-0.15, -0.1) is 0 Å². The molecule has 0 atom stereocenters. The Morgan fingerprint density at radius 3 is 0.909 bits per heavy atom. The first kappa shape index (κ1) is 35.5. The van der Waals surface area contributed by atoms with Crippen LogP contribution in [0.2, 0.25) is 0 Å². The largest absolute Gasteiger partial charge is 1.00 e. The molecule has 4 aromatic carbocycles. The van der Waals surface area contributed by atoms with Gasteiger partial charge in [-0.05, 0) is 79.9 Å². The maximum absolute atomic E-state index is 12.1. The van der Waals surface area contributed by atoms with Crippen LogP contribution in [-0.2, 0) is 25.7 Å². The third-order valence-electron chi connectivity index (χ3n) is 7.65. The Balaban J connectivity index is 0.00000264. The van der Waals surface area contributed by atoms with Gasteiger partial charge in [0.25, 0.3) is 0 Å². The van der Waals surface area contributed by atoms with E-state index in [0.717, 1.165) is 22.3 Å². The van der Waals surface area contributed by atoms with E-state index in [4.69, 9.17) is 18.9 Å². The molecule has 0 heterocycles. The van der Waals surface area contributed by atoms with Crippen molar-refractivity contribution in [1.82, 2.24) is 0 Å². The Labute approximate surface area is 300 Å². The number of para-hydroxylation sites is 2. The van der Waals surface area contributed by atoms with E-state index in [1.165, 1.54) is 0 Å². The molecule has 0 N–H and O–H groups in total. The van der Waals surface area contributed by atoms with Crippen molar-refractivity contribution in [3.05, 3.63) is 116 Å². The van der Waals surface area contributed by atoms with Gasteiger partial charge in [0.05, 0.1) is 40.4 Å². The summed E-state index contributed by atoms with van der Waals surface area (Å²) >= 11 is 0. The molecule has 0 unspecified atom stereocenters. The molecule has 216 valence electrons. The van der Waals surface area contributed by atoms with Crippen LogP contribution >= 0.6 is 0 Å². The Hall–Kier alpha value is -2.98. The van der Waals surface area contributed by atoms with Gasteiger partial charge < -0.3 is 38.7 Å². The summed E-state index contributed by atoms with van der Waals surface area (Å²) in [5.74, 6) is -0.242. The van der Waals surface area contributed by atoms with Crippen molar-refractivity contribution in [3.8, 4) is 23.0 Å². The normalized spacial score (nSPS) is 11.7. The van der Waals surface area contributed by atoms with Crippen molar-refractivity contribution in [1.29, 1.82) is 0 Å². The number of aromatic carboxylic acids is 2. The summed E-state index contributed by atoms with van der Waals surface area (Å²) in [6, 6.07) is 17.7. The van der Waals surface area contributed by atoms with Crippen molar-refractivity contribution in [2.45, 2.75) is 25.7 Å². The topological polar surface area (TPSA) is 117 Å². The second-order valence-corrected chi connectivity index (χ2v) is 10.2. The first-order valence-corrected chi connectivity index (χ1v) is 13.4. The molecule has 0 aliphatic heterocycles. The average molecular weight is 613 g/mol. The number of carboxylic acid groups (broad SMARTS) is 2. The van der Waals surface area contributed by atoms with Gasteiger partial charge in [-0.25, -0.2) is 0 Å². The summed E-state index contributed by atoms with van der Waals surface area (Å²) < 4.78 is 23.5. The van der Waals surface area contributed by atoms with Crippen LogP contribution in [0.15, 0.2) is 60.7 Å². The molecule has 0 saturated carbocycles. The first-order chi connectivity index (χ1) is 20.3. The number of ether oxygens (including phenoxy) is 4. The molecule has 8 bridgehead atoms. The van der Waals surface area contributed by atoms with E-state index in [2.05, 4.69) is 0 Å². The van der Waals surface area contributed by atoms with Crippen molar-refractivity contribution in [2.75, 3.05) is 28.4 Å². The van der Waals surface area contributed by atoms with E-state index in [9.17, 15) is 19.8 Å². The molecule has 0 fully saturated rings. The van der Waals surface area contributed by atoms with Gasteiger partial charge in [0.15, 0.2) is 0 Å². The van der Waals surface area contributed by atoms with Crippen molar-refractivity contribution in [3.63, 3.8) is 0 Å². The molecular weight excluding hydrogens is 582 g/mol. The van der Waals surface area contributed by atoms with Crippen molar-refractivity contribution in [2.24, 2.45) is 0 Å². The van der Waals surface area contributed by atoms with E-state index >= 15 is 0 Å². The minimum absolute atomic E-state index is 0. The molecule has 0 spiro atoms. The standard InChI is InChI=1S/C34H32O8.2Na/c1-39-29-19-7-5-8-20(29)12-24-16-28(34(37)38)18-26(32(24)42-4)14-22-10-6-9-21(30(22)40-2)13-25-17-27(33(35)36)15-23(11-19)31(25)41-3;;/h5-10,15-18H,11-14H2,1-4H3,(H,35,36)(H,37,38);;/q;2*+1/p-2. The number of carboxylic acids is 2. The quantitative estimate of drug-likeness (QED) is 0.188. The van der Waals surface area contributed by atoms with Crippen LogP contribution in [-0.4, -0.2) is 40.4 Å². The zero-order chi connectivity index (χ0) is 30.0. The van der Waals surface area contributed by atoms with E-state index in [0.29, 0.717) is 70.9 Å². The molecule has 4 aromatic rings. The van der Waals surface area contributed by atoms with Crippen molar-refractivity contribution >= 4 is 11.9 Å². The monoisotopic (exact) mass is 612 g/mol. The molecule has 0 saturated heterocycles. The molecule has 10 heteroatoms. The second kappa shape index (κ2) is 15.3. The number of carbonyl (C=O) groups is 2. The Morgan fingerprint density at radius 2 is 0.705 bits per heavy atom. The maximum atomic E-state index is 12.1. The van der Waals surface area contributed by atoms with Gasteiger partial charge in [0.1, 0.15) is 23.0 Å². The molecule has 0 radical (unpaired) electrons. The third-order valence-corrected chi connectivity index (χ3v) is 7.65. The molecule has 8 nitrogen and oxygen atoms in total.